The first-order valence-electron chi connectivity index (χ1n) is 4.26. The zero-order chi connectivity index (χ0) is 9.84. The average molecular weight is 243 g/mol. The molecule has 0 nitrogen and oxygen atoms in total. The molecule has 0 N–H and O–H groups in total. The highest BCUT2D eigenvalue weighted by Crippen LogP contribution is 2.22. The maximum absolute atomic E-state index is 13.2. The van der Waals surface area contributed by atoms with Gasteiger partial charge in [0.15, 0.2) is 0 Å². The molecule has 0 atom stereocenters. The molecule has 0 aliphatic rings. The second-order valence-corrected chi connectivity index (χ2v) is 3.81. The summed E-state index contributed by atoms with van der Waals surface area (Å²) >= 11 is 3.34. The molecule has 1 rings (SSSR count). The van der Waals surface area contributed by atoms with Crippen LogP contribution in [0.25, 0.3) is 5.57 Å². The summed E-state index contributed by atoms with van der Waals surface area (Å²) in [7, 11) is 0. The smallest absolute Gasteiger partial charge is 0.103 e. The van der Waals surface area contributed by atoms with E-state index in [2.05, 4.69) is 15.9 Å². The minimum absolute atomic E-state index is 0.0395. The van der Waals surface area contributed by atoms with Crippen molar-refractivity contribution in [3.8, 4) is 0 Å². The van der Waals surface area contributed by atoms with Gasteiger partial charge in [-0.25, -0.2) is 4.39 Å². The van der Waals surface area contributed by atoms with E-state index < -0.39 is 0 Å². The summed E-state index contributed by atoms with van der Waals surface area (Å²) in [5, 5.41) is 0. The lowest BCUT2D eigenvalue weighted by atomic mass is 10.1. The van der Waals surface area contributed by atoms with E-state index in [1.807, 2.05) is 38.1 Å². The Kier molecular flexibility index (Phi) is 3.67. The third-order valence-electron chi connectivity index (χ3n) is 1.99. The van der Waals surface area contributed by atoms with E-state index >= 15 is 0 Å². The summed E-state index contributed by atoms with van der Waals surface area (Å²) < 4.78 is 14.2. The van der Waals surface area contributed by atoms with Gasteiger partial charge in [0.05, 0.1) is 0 Å². The van der Waals surface area contributed by atoms with Crippen molar-refractivity contribution in [2.75, 3.05) is 0 Å². The Morgan fingerprint density at radius 1 is 1.31 bits per heavy atom. The molecule has 13 heavy (non-hydrogen) atoms. The summed E-state index contributed by atoms with van der Waals surface area (Å²) in [4.78, 5) is 0. The Hall–Kier alpha value is -0.630. The van der Waals surface area contributed by atoms with Gasteiger partial charge in [0.2, 0.25) is 0 Å². The second-order valence-electron chi connectivity index (χ2n) is 2.89. The minimum atomic E-state index is -0.0395. The Labute approximate surface area is 86.6 Å². The first kappa shape index (κ1) is 10.5. The predicted octanol–water partition coefficient (Wildman–Crippen LogP) is 4.56. The first-order valence-corrected chi connectivity index (χ1v) is 5.05. The number of rotatable bonds is 2. The molecule has 1 aromatic carbocycles. The Morgan fingerprint density at radius 2 is 1.85 bits per heavy atom. The third kappa shape index (κ3) is 2.66. The van der Waals surface area contributed by atoms with Crippen molar-refractivity contribution >= 4 is 21.5 Å². The number of hydrogen-bond acceptors (Lipinski definition) is 0. The van der Waals surface area contributed by atoms with Crippen LogP contribution < -0.4 is 0 Å². The Bertz CT molecular complexity index is 311. The van der Waals surface area contributed by atoms with Gasteiger partial charge in [-0.3, -0.25) is 0 Å². The predicted molar refractivity (Wildman–Crippen MR) is 58.1 cm³/mol. The first-order chi connectivity index (χ1) is 6.15. The zero-order valence-corrected chi connectivity index (χ0v) is 9.36. The van der Waals surface area contributed by atoms with Gasteiger partial charge in [-0.15, -0.1) is 0 Å². The topological polar surface area (TPSA) is 0 Å². The van der Waals surface area contributed by atoms with Gasteiger partial charge >= 0.3 is 0 Å². The molecule has 0 aliphatic carbocycles. The largest absolute Gasteiger partial charge is 0.212 e. The van der Waals surface area contributed by atoms with Gasteiger partial charge < -0.3 is 0 Å². The Morgan fingerprint density at radius 3 is 2.31 bits per heavy atom. The average Bonchev–Trinajstić information content (AvgIpc) is 2.17. The van der Waals surface area contributed by atoms with E-state index in [-0.39, 0.29) is 5.83 Å². The minimum Gasteiger partial charge on any atom is -0.212 e. The number of benzene rings is 1. The van der Waals surface area contributed by atoms with E-state index in [4.69, 9.17) is 0 Å². The van der Waals surface area contributed by atoms with Crippen molar-refractivity contribution in [1.29, 1.82) is 0 Å². The van der Waals surface area contributed by atoms with E-state index in [0.29, 0.717) is 6.42 Å². The molecule has 0 aliphatic heterocycles. The molecular weight excluding hydrogens is 231 g/mol. The van der Waals surface area contributed by atoms with Crippen molar-refractivity contribution in [2.24, 2.45) is 0 Å². The van der Waals surface area contributed by atoms with Crippen LogP contribution in [0.15, 0.2) is 34.6 Å². The fraction of sp³-hybridized carbons (Fsp3) is 0.273. The monoisotopic (exact) mass is 242 g/mol. The number of hydrogen-bond donors (Lipinski definition) is 0. The molecule has 0 fully saturated rings. The summed E-state index contributed by atoms with van der Waals surface area (Å²) in [6.07, 6.45) is 0.460. The highest BCUT2D eigenvalue weighted by atomic mass is 79.9. The van der Waals surface area contributed by atoms with Gasteiger partial charge in [-0.05, 0) is 36.6 Å². The van der Waals surface area contributed by atoms with Crippen LogP contribution in [0, 0.1) is 0 Å². The molecule has 0 radical (unpaired) electrons. The molecule has 1 aromatic rings. The van der Waals surface area contributed by atoms with Gasteiger partial charge in [0.1, 0.15) is 5.83 Å². The highest BCUT2D eigenvalue weighted by molar-refractivity contribution is 9.10. The maximum Gasteiger partial charge on any atom is 0.103 e. The summed E-state index contributed by atoms with van der Waals surface area (Å²) in [5.74, 6) is -0.0395. The van der Waals surface area contributed by atoms with Crippen LogP contribution in [-0.4, -0.2) is 0 Å². The molecule has 0 unspecified atom stereocenters. The molecular formula is C11H12BrF. The number of allylic oxidation sites excluding steroid dienone is 2. The van der Waals surface area contributed by atoms with Gasteiger partial charge in [-0.2, -0.15) is 0 Å². The number of halogens is 2. The molecule has 0 spiro atoms. The van der Waals surface area contributed by atoms with E-state index in [1.54, 1.807) is 0 Å². The molecule has 2 heteroatoms. The van der Waals surface area contributed by atoms with Crippen molar-refractivity contribution in [1.82, 2.24) is 0 Å². The molecule has 0 saturated heterocycles. The summed E-state index contributed by atoms with van der Waals surface area (Å²) in [5.41, 5.74) is 1.68. The maximum atomic E-state index is 13.2. The van der Waals surface area contributed by atoms with Crippen LogP contribution in [0.1, 0.15) is 25.8 Å². The summed E-state index contributed by atoms with van der Waals surface area (Å²) in [6, 6.07) is 7.66. The van der Waals surface area contributed by atoms with Gasteiger partial charge in [0, 0.05) is 4.47 Å². The van der Waals surface area contributed by atoms with Crippen LogP contribution >= 0.6 is 15.9 Å². The lowest BCUT2D eigenvalue weighted by Crippen LogP contribution is -1.82. The van der Waals surface area contributed by atoms with Crippen LogP contribution in [0.3, 0.4) is 0 Å². The highest BCUT2D eigenvalue weighted by Gasteiger charge is 2.01. The van der Waals surface area contributed by atoms with Crippen molar-refractivity contribution in [2.45, 2.75) is 20.3 Å². The zero-order valence-electron chi connectivity index (χ0n) is 7.77. The quantitative estimate of drug-likeness (QED) is 0.714. The van der Waals surface area contributed by atoms with Crippen LogP contribution in [0.5, 0.6) is 0 Å². The third-order valence-corrected chi connectivity index (χ3v) is 2.52. The van der Waals surface area contributed by atoms with E-state index in [9.17, 15) is 4.39 Å². The van der Waals surface area contributed by atoms with Crippen molar-refractivity contribution < 1.29 is 4.39 Å². The second kappa shape index (κ2) is 4.56. The van der Waals surface area contributed by atoms with Gasteiger partial charge in [-0.1, -0.05) is 35.0 Å². The van der Waals surface area contributed by atoms with E-state index in [0.717, 1.165) is 15.6 Å². The Balaban J connectivity index is 3.02. The summed E-state index contributed by atoms with van der Waals surface area (Å²) in [6.45, 7) is 3.62. The molecule has 0 amide bonds. The van der Waals surface area contributed by atoms with Crippen molar-refractivity contribution in [3.05, 3.63) is 40.1 Å². The van der Waals surface area contributed by atoms with Gasteiger partial charge in [0.25, 0.3) is 0 Å². The molecule has 0 bridgehead atoms. The fourth-order valence-corrected chi connectivity index (χ4v) is 1.39. The lowest BCUT2D eigenvalue weighted by molar-refractivity contribution is 0.607. The molecule has 0 heterocycles. The SMILES string of the molecule is CC/C(F)=C(\C)c1ccc(Br)cc1. The van der Waals surface area contributed by atoms with Crippen LogP contribution in [0.2, 0.25) is 0 Å². The van der Waals surface area contributed by atoms with Crippen LogP contribution in [0.4, 0.5) is 4.39 Å². The molecule has 70 valence electrons. The van der Waals surface area contributed by atoms with E-state index in [1.165, 1.54) is 0 Å². The molecule has 0 aromatic heterocycles. The van der Waals surface area contributed by atoms with Crippen LogP contribution in [-0.2, 0) is 0 Å². The standard InChI is InChI=1S/C11H12BrF/c1-3-11(13)8(2)9-4-6-10(12)7-5-9/h4-7H,3H2,1-2H3/b11-8-. The molecule has 0 saturated carbocycles. The van der Waals surface area contributed by atoms with Crippen molar-refractivity contribution in [3.63, 3.8) is 0 Å². The fourth-order valence-electron chi connectivity index (χ4n) is 1.12. The normalized spacial score (nSPS) is 12.6. The lowest BCUT2D eigenvalue weighted by Gasteiger charge is -2.02.